The minimum Gasteiger partial charge on any atom is -0.339 e. The minimum atomic E-state index is 0.0146. The molecule has 1 heterocycles. The van der Waals surface area contributed by atoms with Gasteiger partial charge in [0.2, 0.25) is 0 Å². The normalized spacial score (nSPS) is 10.6. The van der Waals surface area contributed by atoms with Crippen LogP contribution in [-0.2, 0) is 0 Å². The topological polar surface area (TPSA) is 38.1 Å². The molecule has 0 spiro atoms. The highest BCUT2D eigenvalue weighted by Gasteiger charge is 2.19. The van der Waals surface area contributed by atoms with Crippen molar-refractivity contribution in [1.82, 2.24) is 14.7 Å². The van der Waals surface area contributed by atoms with E-state index >= 15 is 0 Å². The summed E-state index contributed by atoms with van der Waals surface area (Å²) in [5.74, 6) is 0.0146. The third-order valence-electron chi connectivity index (χ3n) is 3.34. The van der Waals surface area contributed by atoms with Crippen molar-refractivity contribution in [2.75, 3.05) is 13.1 Å². The Morgan fingerprint density at radius 3 is 2.65 bits per heavy atom. The van der Waals surface area contributed by atoms with Crippen LogP contribution < -0.4 is 0 Å². The van der Waals surface area contributed by atoms with E-state index in [1.54, 1.807) is 15.8 Å². The monoisotopic (exact) mass is 291 g/mol. The fraction of sp³-hybridized carbons (Fsp3) is 0.333. The molecule has 0 N–H and O–H groups in total. The molecule has 0 aliphatic carbocycles. The molecule has 0 atom stereocenters. The largest absolute Gasteiger partial charge is 0.339 e. The van der Waals surface area contributed by atoms with Crippen molar-refractivity contribution in [2.24, 2.45) is 0 Å². The van der Waals surface area contributed by atoms with E-state index in [0.29, 0.717) is 23.7 Å². The van der Waals surface area contributed by atoms with Crippen molar-refractivity contribution in [3.05, 3.63) is 46.7 Å². The zero-order valence-corrected chi connectivity index (χ0v) is 12.7. The maximum absolute atomic E-state index is 12.4. The lowest BCUT2D eigenvalue weighted by molar-refractivity contribution is 0.0772. The van der Waals surface area contributed by atoms with Gasteiger partial charge in [-0.3, -0.25) is 4.79 Å². The van der Waals surface area contributed by atoms with Crippen molar-refractivity contribution >= 4 is 17.5 Å². The van der Waals surface area contributed by atoms with E-state index in [9.17, 15) is 4.79 Å². The molecule has 0 aliphatic rings. The lowest BCUT2D eigenvalue weighted by Crippen LogP contribution is -2.30. The van der Waals surface area contributed by atoms with Crippen molar-refractivity contribution in [3.8, 4) is 5.69 Å². The second-order valence-corrected chi connectivity index (χ2v) is 4.95. The summed E-state index contributed by atoms with van der Waals surface area (Å²) in [4.78, 5) is 14.2. The van der Waals surface area contributed by atoms with Gasteiger partial charge in [-0.15, -0.1) is 0 Å². The Labute approximate surface area is 124 Å². The molecule has 0 radical (unpaired) electrons. The van der Waals surface area contributed by atoms with Gasteiger partial charge < -0.3 is 4.90 Å². The summed E-state index contributed by atoms with van der Waals surface area (Å²) in [6.07, 6.45) is 1.62. The quantitative estimate of drug-likeness (QED) is 0.867. The van der Waals surface area contributed by atoms with Gasteiger partial charge in [-0.05, 0) is 39.0 Å². The zero-order valence-electron chi connectivity index (χ0n) is 11.9. The molecule has 1 aromatic heterocycles. The van der Waals surface area contributed by atoms with Crippen LogP contribution in [0.3, 0.4) is 0 Å². The molecule has 106 valence electrons. The van der Waals surface area contributed by atoms with Crippen LogP contribution in [-0.4, -0.2) is 33.7 Å². The Hall–Kier alpha value is -1.81. The molecule has 5 heteroatoms. The van der Waals surface area contributed by atoms with E-state index < -0.39 is 0 Å². The molecular weight excluding hydrogens is 274 g/mol. The SMILES string of the molecule is CCN(CC)C(=O)c1cnn(-c2cccc(Cl)c2)c1C. The maximum atomic E-state index is 12.4. The summed E-state index contributed by atoms with van der Waals surface area (Å²) in [5.41, 5.74) is 2.31. The second-order valence-electron chi connectivity index (χ2n) is 4.51. The molecule has 0 aliphatic heterocycles. The number of carbonyl (C=O) groups is 1. The van der Waals surface area contributed by atoms with Crippen molar-refractivity contribution in [1.29, 1.82) is 0 Å². The smallest absolute Gasteiger partial charge is 0.257 e. The molecule has 4 nitrogen and oxygen atoms in total. The number of nitrogens with zero attached hydrogens (tertiary/aromatic N) is 3. The maximum Gasteiger partial charge on any atom is 0.257 e. The summed E-state index contributed by atoms with van der Waals surface area (Å²) in [7, 11) is 0. The number of hydrogen-bond acceptors (Lipinski definition) is 2. The molecule has 0 unspecified atom stereocenters. The van der Waals surface area contributed by atoms with Crippen LogP contribution in [0.4, 0.5) is 0 Å². The van der Waals surface area contributed by atoms with Gasteiger partial charge in [0, 0.05) is 18.1 Å². The van der Waals surface area contributed by atoms with Gasteiger partial charge in [-0.2, -0.15) is 5.10 Å². The van der Waals surface area contributed by atoms with E-state index in [1.165, 1.54) is 0 Å². The first-order valence-electron chi connectivity index (χ1n) is 6.68. The van der Waals surface area contributed by atoms with Crippen molar-refractivity contribution in [2.45, 2.75) is 20.8 Å². The molecule has 1 amide bonds. The lowest BCUT2D eigenvalue weighted by Gasteiger charge is -2.18. The highest BCUT2D eigenvalue weighted by atomic mass is 35.5. The molecule has 2 aromatic rings. The predicted octanol–water partition coefficient (Wildman–Crippen LogP) is 3.32. The van der Waals surface area contributed by atoms with E-state index in [1.807, 2.05) is 45.0 Å². The summed E-state index contributed by atoms with van der Waals surface area (Å²) in [6, 6.07) is 7.42. The standard InChI is InChI=1S/C15H18ClN3O/c1-4-18(5-2)15(20)14-10-17-19(11(14)3)13-8-6-7-12(16)9-13/h6-10H,4-5H2,1-3H3. The van der Waals surface area contributed by atoms with Crippen LogP contribution in [0, 0.1) is 6.92 Å². The molecule has 20 heavy (non-hydrogen) atoms. The van der Waals surface area contributed by atoms with Crippen LogP contribution in [0.5, 0.6) is 0 Å². The number of carbonyl (C=O) groups excluding carboxylic acids is 1. The Morgan fingerprint density at radius 2 is 2.05 bits per heavy atom. The molecule has 0 saturated heterocycles. The molecular formula is C15H18ClN3O. The Bertz CT molecular complexity index is 617. The van der Waals surface area contributed by atoms with Gasteiger partial charge in [0.05, 0.1) is 23.1 Å². The fourth-order valence-corrected chi connectivity index (χ4v) is 2.35. The fourth-order valence-electron chi connectivity index (χ4n) is 2.17. The number of benzene rings is 1. The lowest BCUT2D eigenvalue weighted by atomic mass is 10.2. The number of rotatable bonds is 4. The average molecular weight is 292 g/mol. The third-order valence-corrected chi connectivity index (χ3v) is 3.58. The summed E-state index contributed by atoms with van der Waals surface area (Å²) in [6.45, 7) is 7.22. The number of amides is 1. The molecule has 0 fully saturated rings. The molecule has 0 bridgehead atoms. The Balaban J connectivity index is 2.39. The highest BCUT2D eigenvalue weighted by Crippen LogP contribution is 2.18. The number of halogens is 1. The van der Waals surface area contributed by atoms with Crippen LogP contribution in [0.2, 0.25) is 5.02 Å². The van der Waals surface area contributed by atoms with Crippen LogP contribution in [0.25, 0.3) is 5.69 Å². The first-order chi connectivity index (χ1) is 9.58. The average Bonchev–Trinajstić information content (AvgIpc) is 2.81. The molecule has 0 saturated carbocycles. The van der Waals surface area contributed by atoms with Crippen molar-refractivity contribution in [3.63, 3.8) is 0 Å². The van der Waals surface area contributed by atoms with Gasteiger partial charge in [-0.1, -0.05) is 17.7 Å². The van der Waals surface area contributed by atoms with E-state index in [0.717, 1.165) is 11.4 Å². The zero-order chi connectivity index (χ0) is 14.7. The third kappa shape index (κ3) is 2.70. The Morgan fingerprint density at radius 1 is 1.35 bits per heavy atom. The van der Waals surface area contributed by atoms with Gasteiger partial charge in [0.25, 0.3) is 5.91 Å². The van der Waals surface area contributed by atoms with E-state index in [2.05, 4.69) is 5.10 Å². The first-order valence-corrected chi connectivity index (χ1v) is 7.06. The van der Waals surface area contributed by atoms with Gasteiger partial charge in [0.15, 0.2) is 0 Å². The van der Waals surface area contributed by atoms with E-state index in [4.69, 9.17) is 11.6 Å². The first kappa shape index (κ1) is 14.6. The van der Waals surface area contributed by atoms with Gasteiger partial charge in [0.1, 0.15) is 0 Å². The van der Waals surface area contributed by atoms with Crippen LogP contribution in [0.15, 0.2) is 30.5 Å². The molecule has 2 rings (SSSR count). The Kier molecular flexibility index (Phi) is 4.45. The van der Waals surface area contributed by atoms with Crippen molar-refractivity contribution < 1.29 is 4.79 Å². The van der Waals surface area contributed by atoms with Crippen LogP contribution >= 0.6 is 11.6 Å². The summed E-state index contributed by atoms with van der Waals surface area (Å²) >= 11 is 6.00. The van der Waals surface area contributed by atoms with Gasteiger partial charge in [-0.25, -0.2) is 4.68 Å². The number of hydrogen-bond donors (Lipinski definition) is 0. The second kappa shape index (κ2) is 6.09. The summed E-state index contributed by atoms with van der Waals surface area (Å²) in [5, 5.41) is 4.96. The van der Waals surface area contributed by atoms with Gasteiger partial charge >= 0.3 is 0 Å². The van der Waals surface area contributed by atoms with E-state index in [-0.39, 0.29) is 5.91 Å². The number of aromatic nitrogens is 2. The highest BCUT2D eigenvalue weighted by molar-refractivity contribution is 6.30. The minimum absolute atomic E-state index is 0.0146. The molecule has 1 aromatic carbocycles. The van der Waals surface area contributed by atoms with Crippen LogP contribution in [0.1, 0.15) is 29.9 Å². The predicted molar refractivity (Wildman–Crippen MR) is 80.6 cm³/mol. The summed E-state index contributed by atoms with van der Waals surface area (Å²) < 4.78 is 1.74.